The predicted octanol–water partition coefficient (Wildman–Crippen LogP) is 4.66. The molecule has 17 heavy (non-hydrogen) atoms. The lowest BCUT2D eigenvalue weighted by Gasteiger charge is -2.12. The topological polar surface area (TPSA) is 20.2 Å². The molecule has 1 aromatic carbocycles. The molecule has 1 nitrogen and oxygen atoms in total. The molecule has 0 aliphatic carbocycles. The van der Waals surface area contributed by atoms with Gasteiger partial charge >= 0.3 is 0 Å². The minimum absolute atomic E-state index is 0.426. The molecule has 0 spiro atoms. The molecule has 0 saturated heterocycles. The van der Waals surface area contributed by atoms with Crippen molar-refractivity contribution in [3.63, 3.8) is 0 Å². The first-order valence-electron chi connectivity index (χ1n) is 5.97. The van der Waals surface area contributed by atoms with Gasteiger partial charge in [0.1, 0.15) is 0 Å². The summed E-state index contributed by atoms with van der Waals surface area (Å²) in [5.41, 5.74) is 0.923. The summed E-state index contributed by atoms with van der Waals surface area (Å²) in [7, 11) is -1.00. The van der Waals surface area contributed by atoms with Crippen LogP contribution in [0.1, 0.15) is 18.1 Å². The predicted molar refractivity (Wildman–Crippen MR) is 78.3 cm³/mol. The molecule has 0 aliphatic heterocycles. The lowest BCUT2D eigenvalue weighted by molar-refractivity contribution is 0.181. The molecule has 3 heteroatoms. The molecule has 1 N–H and O–H groups in total. The van der Waals surface area contributed by atoms with Crippen LogP contribution in [0.3, 0.4) is 0 Å². The van der Waals surface area contributed by atoms with Gasteiger partial charge in [-0.1, -0.05) is 55.5 Å². The van der Waals surface area contributed by atoms with E-state index in [4.69, 9.17) is 11.6 Å². The van der Waals surface area contributed by atoms with Crippen molar-refractivity contribution < 1.29 is 5.11 Å². The Morgan fingerprint density at radius 2 is 1.76 bits per heavy atom. The summed E-state index contributed by atoms with van der Waals surface area (Å²) < 4.78 is 0. The van der Waals surface area contributed by atoms with Crippen molar-refractivity contribution in [1.82, 2.24) is 0 Å². The fourth-order valence-electron chi connectivity index (χ4n) is 1.48. The Morgan fingerprint density at radius 1 is 1.18 bits per heavy atom. The highest BCUT2D eigenvalue weighted by molar-refractivity contribution is 6.76. The maximum absolute atomic E-state index is 9.96. The van der Waals surface area contributed by atoms with Crippen molar-refractivity contribution in [3.05, 3.63) is 47.0 Å². The zero-order valence-corrected chi connectivity index (χ0v) is 12.5. The molecule has 0 radical (unpaired) electrons. The largest absolute Gasteiger partial charge is 0.388 e. The van der Waals surface area contributed by atoms with E-state index in [-0.39, 0.29) is 0 Å². The maximum Gasteiger partial charge on any atom is 0.0824 e. The van der Waals surface area contributed by atoms with Crippen molar-refractivity contribution in [3.8, 4) is 0 Å². The lowest BCUT2D eigenvalue weighted by atomic mass is 10.1. The number of hydrogen-bond acceptors (Lipinski definition) is 1. The van der Waals surface area contributed by atoms with Crippen molar-refractivity contribution >= 4 is 19.7 Å². The van der Waals surface area contributed by atoms with Crippen molar-refractivity contribution in [2.45, 2.75) is 38.2 Å². The van der Waals surface area contributed by atoms with Crippen LogP contribution in [-0.2, 0) is 0 Å². The van der Waals surface area contributed by atoms with E-state index in [1.54, 1.807) is 0 Å². The summed E-state index contributed by atoms with van der Waals surface area (Å²) in [4.78, 5) is 0. The summed E-state index contributed by atoms with van der Waals surface area (Å²) in [6, 6.07) is 8.54. The standard InChI is InChI=1S/C14H21ClOSi/c1-17(2,3)11-5-4-6-14(16)12-7-9-13(15)10-8-12/h4-5,7-10,14,16H,6,11H2,1-3H3/b5-4-. The highest BCUT2D eigenvalue weighted by Crippen LogP contribution is 2.20. The van der Waals surface area contributed by atoms with Crippen LogP contribution in [0.5, 0.6) is 0 Å². The molecular formula is C14H21ClOSi. The summed E-state index contributed by atoms with van der Waals surface area (Å²) in [5, 5.41) is 10.7. The molecule has 0 fully saturated rings. The van der Waals surface area contributed by atoms with Crippen LogP contribution < -0.4 is 0 Å². The molecule has 1 atom stereocenters. The Hall–Kier alpha value is -0.573. The summed E-state index contributed by atoms with van der Waals surface area (Å²) in [6.45, 7) is 7.02. The molecule has 1 rings (SSSR count). The smallest absolute Gasteiger partial charge is 0.0824 e. The van der Waals surface area contributed by atoms with Crippen LogP contribution in [0, 0.1) is 0 Å². The molecule has 1 unspecified atom stereocenters. The lowest BCUT2D eigenvalue weighted by Crippen LogP contribution is -2.17. The Balaban J connectivity index is 2.44. The molecule has 1 aromatic rings. The van der Waals surface area contributed by atoms with E-state index in [1.807, 2.05) is 24.3 Å². The molecule has 94 valence electrons. The first kappa shape index (κ1) is 14.5. The SMILES string of the molecule is C[Si](C)(C)C/C=C\CC(O)c1ccc(Cl)cc1. The van der Waals surface area contributed by atoms with Gasteiger partial charge < -0.3 is 5.11 Å². The van der Waals surface area contributed by atoms with Gasteiger partial charge in [0, 0.05) is 13.1 Å². The highest BCUT2D eigenvalue weighted by atomic mass is 35.5. The Bertz CT molecular complexity index is 365. The zero-order valence-electron chi connectivity index (χ0n) is 10.8. The first-order valence-corrected chi connectivity index (χ1v) is 10.1. The molecule has 0 aliphatic rings. The molecule has 0 amide bonds. The van der Waals surface area contributed by atoms with Crippen LogP contribution in [-0.4, -0.2) is 13.2 Å². The van der Waals surface area contributed by atoms with E-state index in [0.717, 1.165) is 5.56 Å². The minimum Gasteiger partial charge on any atom is -0.388 e. The number of aliphatic hydroxyl groups excluding tert-OH is 1. The molecule has 0 aromatic heterocycles. The van der Waals surface area contributed by atoms with E-state index < -0.39 is 14.2 Å². The van der Waals surface area contributed by atoms with Crippen molar-refractivity contribution in [2.24, 2.45) is 0 Å². The summed E-state index contributed by atoms with van der Waals surface area (Å²) in [5.74, 6) is 0. The number of benzene rings is 1. The van der Waals surface area contributed by atoms with E-state index in [2.05, 4.69) is 31.8 Å². The summed E-state index contributed by atoms with van der Waals surface area (Å²) in [6.07, 6.45) is 4.53. The van der Waals surface area contributed by atoms with Gasteiger partial charge in [-0.25, -0.2) is 0 Å². The normalized spacial score (nSPS) is 14.2. The van der Waals surface area contributed by atoms with Gasteiger partial charge in [-0.05, 0) is 30.2 Å². The van der Waals surface area contributed by atoms with Crippen LogP contribution in [0.2, 0.25) is 30.7 Å². The number of hydrogen-bond donors (Lipinski definition) is 1. The third kappa shape index (κ3) is 6.06. The van der Waals surface area contributed by atoms with Crippen molar-refractivity contribution in [1.29, 1.82) is 0 Å². The molecule has 0 bridgehead atoms. The first-order chi connectivity index (χ1) is 7.88. The third-order valence-corrected chi connectivity index (χ3v) is 4.22. The van der Waals surface area contributed by atoms with Crippen LogP contribution >= 0.6 is 11.6 Å². The minimum atomic E-state index is -1.00. The second kappa shape index (κ2) is 6.38. The number of allylic oxidation sites excluding steroid dienone is 1. The number of aliphatic hydroxyl groups is 1. The van der Waals surface area contributed by atoms with Gasteiger partial charge in [0.2, 0.25) is 0 Å². The Morgan fingerprint density at radius 3 is 2.29 bits per heavy atom. The van der Waals surface area contributed by atoms with Gasteiger partial charge in [-0.15, -0.1) is 0 Å². The molecule has 0 heterocycles. The van der Waals surface area contributed by atoms with Gasteiger partial charge in [-0.2, -0.15) is 0 Å². The van der Waals surface area contributed by atoms with E-state index >= 15 is 0 Å². The quantitative estimate of drug-likeness (QED) is 0.608. The molecular weight excluding hydrogens is 248 g/mol. The second-order valence-electron chi connectivity index (χ2n) is 5.54. The van der Waals surface area contributed by atoms with E-state index in [9.17, 15) is 5.11 Å². The fraction of sp³-hybridized carbons (Fsp3) is 0.429. The summed E-state index contributed by atoms with van der Waals surface area (Å²) >= 11 is 5.80. The fourth-order valence-corrected chi connectivity index (χ4v) is 2.48. The highest BCUT2D eigenvalue weighted by Gasteiger charge is 2.10. The van der Waals surface area contributed by atoms with Gasteiger partial charge in [0.15, 0.2) is 0 Å². The van der Waals surface area contributed by atoms with Crippen LogP contribution in [0.15, 0.2) is 36.4 Å². The van der Waals surface area contributed by atoms with Crippen LogP contribution in [0.4, 0.5) is 0 Å². The average Bonchev–Trinajstić information content (AvgIpc) is 2.24. The van der Waals surface area contributed by atoms with E-state index in [0.29, 0.717) is 11.4 Å². The zero-order chi connectivity index (χ0) is 12.9. The number of halogens is 1. The molecule has 0 saturated carbocycles. The Labute approximate surface area is 110 Å². The van der Waals surface area contributed by atoms with Gasteiger partial charge in [0.25, 0.3) is 0 Å². The van der Waals surface area contributed by atoms with Crippen LogP contribution in [0.25, 0.3) is 0 Å². The maximum atomic E-state index is 9.96. The monoisotopic (exact) mass is 268 g/mol. The second-order valence-corrected chi connectivity index (χ2v) is 11.5. The van der Waals surface area contributed by atoms with Crippen molar-refractivity contribution in [2.75, 3.05) is 0 Å². The van der Waals surface area contributed by atoms with Gasteiger partial charge in [-0.3, -0.25) is 0 Å². The number of rotatable bonds is 5. The van der Waals surface area contributed by atoms with Gasteiger partial charge in [0.05, 0.1) is 6.10 Å². The van der Waals surface area contributed by atoms with E-state index in [1.165, 1.54) is 6.04 Å². The average molecular weight is 269 g/mol. The third-order valence-electron chi connectivity index (χ3n) is 2.51. The Kier molecular flexibility index (Phi) is 5.44.